The van der Waals surface area contributed by atoms with Crippen molar-refractivity contribution in [1.82, 2.24) is 10.2 Å². The molecule has 0 saturated carbocycles. The lowest BCUT2D eigenvalue weighted by Crippen LogP contribution is -2.45. The summed E-state index contributed by atoms with van der Waals surface area (Å²) in [7, 11) is 0. The van der Waals surface area contributed by atoms with Gasteiger partial charge in [-0.25, -0.2) is 0 Å². The molecule has 3 rings (SSSR count). The fraction of sp³-hybridized carbons (Fsp3) is 0.375. The van der Waals surface area contributed by atoms with Crippen LogP contribution < -0.4 is 10.1 Å². The maximum atomic E-state index is 12.9. The first-order valence-electron chi connectivity index (χ1n) is 7.59. The van der Waals surface area contributed by atoms with Crippen LogP contribution in [0, 0.1) is 0 Å². The summed E-state index contributed by atoms with van der Waals surface area (Å²) in [5, 5.41) is 3.26. The lowest BCUT2D eigenvalue weighted by Gasteiger charge is -2.35. The number of halogens is 5. The number of piperazine rings is 1. The number of hydrogen-bond acceptors (Lipinski definition) is 4. The predicted molar refractivity (Wildman–Crippen MR) is 96.4 cm³/mol. The number of benzene rings is 1. The average Bonchev–Trinajstić information content (AvgIpc) is 2.96. The summed E-state index contributed by atoms with van der Waals surface area (Å²) < 4.78 is 44.2. The Balaban J connectivity index is 2.07. The van der Waals surface area contributed by atoms with E-state index in [1.54, 1.807) is 18.2 Å². The van der Waals surface area contributed by atoms with E-state index in [0.29, 0.717) is 14.4 Å². The van der Waals surface area contributed by atoms with Crippen molar-refractivity contribution >= 4 is 38.9 Å². The first-order valence-corrected chi connectivity index (χ1v) is 9.57. The molecule has 1 atom stereocenters. The molecule has 1 aliphatic heterocycles. The summed E-state index contributed by atoms with van der Waals surface area (Å²) in [6.07, 6.45) is -4.75. The van der Waals surface area contributed by atoms with E-state index in [2.05, 4.69) is 30.9 Å². The molecule has 1 aliphatic rings. The Labute approximate surface area is 160 Å². The highest BCUT2D eigenvalue weighted by atomic mass is 79.9. The van der Waals surface area contributed by atoms with Crippen molar-refractivity contribution < 1.29 is 17.9 Å². The van der Waals surface area contributed by atoms with E-state index in [4.69, 9.17) is 11.6 Å². The lowest BCUT2D eigenvalue weighted by molar-refractivity contribution is -0.275. The first kappa shape index (κ1) is 19.0. The van der Waals surface area contributed by atoms with Crippen LogP contribution in [-0.2, 0) is 0 Å². The smallest absolute Gasteiger partial charge is 0.405 e. The fourth-order valence-corrected chi connectivity index (χ4v) is 4.49. The van der Waals surface area contributed by atoms with Crippen LogP contribution in [0.5, 0.6) is 5.75 Å². The molecule has 2 aromatic rings. The molecule has 0 amide bonds. The molecule has 136 valence electrons. The molecule has 1 N–H and O–H groups in total. The Bertz CT molecular complexity index is 734. The summed E-state index contributed by atoms with van der Waals surface area (Å²) in [5.74, 6) is -0.191. The van der Waals surface area contributed by atoms with Crippen LogP contribution in [0.1, 0.15) is 16.5 Å². The van der Waals surface area contributed by atoms with Gasteiger partial charge >= 0.3 is 6.36 Å². The van der Waals surface area contributed by atoms with Gasteiger partial charge in [0.2, 0.25) is 0 Å². The van der Waals surface area contributed by atoms with E-state index in [9.17, 15) is 13.2 Å². The quantitative estimate of drug-likeness (QED) is 0.698. The maximum absolute atomic E-state index is 12.9. The zero-order chi connectivity index (χ0) is 18.0. The van der Waals surface area contributed by atoms with Crippen LogP contribution in [0.3, 0.4) is 0 Å². The molecule has 0 unspecified atom stereocenters. The van der Waals surface area contributed by atoms with Crippen LogP contribution in [0.4, 0.5) is 13.2 Å². The van der Waals surface area contributed by atoms with Gasteiger partial charge in [-0.15, -0.1) is 24.5 Å². The topological polar surface area (TPSA) is 24.5 Å². The summed E-state index contributed by atoms with van der Waals surface area (Å²) in [4.78, 5) is 3.03. The molecular formula is C16H15BrClF3N2OS. The van der Waals surface area contributed by atoms with Crippen LogP contribution in [-0.4, -0.2) is 37.4 Å². The standard InChI is InChI=1S/C16H15BrClF3N2OS/c17-10-1-2-12(24-16(19,20)21)11(9-10)15(13-3-4-14(18)25-13)23-7-5-22-6-8-23/h1-4,9,15,22H,5-8H2/t15-/m0/s1. The Hall–Kier alpha value is -0.800. The molecule has 1 fully saturated rings. The van der Waals surface area contributed by atoms with E-state index >= 15 is 0 Å². The summed E-state index contributed by atoms with van der Waals surface area (Å²) in [5.41, 5.74) is 0.465. The van der Waals surface area contributed by atoms with Gasteiger partial charge in [0.25, 0.3) is 0 Å². The second-order valence-corrected chi connectivity index (χ2v) is 8.22. The number of alkyl halides is 3. The van der Waals surface area contributed by atoms with Crippen molar-refractivity contribution in [2.24, 2.45) is 0 Å². The number of ether oxygens (including phenoxy) is 1. The van der Waals surface area contributed by atoms with Gasteiger partial charge in [-0.2, -0.15) is 0 Å². The largest absolute Gasteiger partial charge is 0.573 e. The highest BCUT2D eigenvalue weighted by molar-refractivity contribution is 9.10. The monoisotopic (exact) mass is 454 g/mol. The number of hydrogen-bond donors (Lipinski definition) is 1. The van der Waals surface area contributed by atoms with Gasteiger partial charge in [0.15, 0.2) is 0 Å². The zero-order valence-electron chi connectivity index (χ0n) is 12.9. The Morgan fingerprint density at radius 3 is 2.52 bits per heavy atom. The van der Waals surface area contributed by atoms with Crippen LogP contribution in [0.15, 0.2) is 34.8 Å². The van der Waals surface area contributed by atoms with Gasteiger partial charge in [0, 0.05) is 41.1 Å². The minimum absolute atomic E-state index is 0.191. The van der Waals surface area contributed by atoms with Gasteiger partial charge in [-0.1, -0.05) is 27.5 Å². The van der Waals surface area contributed by atoms with Gasteiger partial charge < -0.3 is 10.1 Å². The predicted octanol–water partition coefficient (Wildman–Crippen LogP) is 5.06. The van der Waals surface area contributed by atoms with Gasteiger partial charge in [-0.05, 0) is 30.3 Å². The number of nitrogens with zero attached hydrogens (tertiary/aromatic N) is 1. The molecule has 0 spiro atoms. The molecular weight excluding hydrogens is 441 g/mol. The lowest BCUT2D eigenvalue weighted by atomic mass is 10.0. The molecule has 3 nitrogen and oxygen atoms in total. The molecule has 0 radical (unpaired) electrons. The Morgan fingerprint density at radius 2 is 1.92 bits per heavy atom. The van der Waals surface area contributed by atoms with Gasteiger partial charge in [0.05, 0.1) is 10.4 Å². The van der Waals surface area contributed by atoms with E-state index in [1.165, 1.54) is 17.4 Å². The summed E-state index contributed by atoms with van der Waals surface area (Å²) >= 11 is 10.8. The zero-order valence-corrected chi connectivity index (χ0v) is 16.1. The molecule has 2 heterocycles. The first-order chi connectivity index (χ1) is 11.8. The maximum Gasteiger partial charge on any atom is 0.573 e. The van der Waals surface area contributed by atoms with E-state index < -0.39 is 6.36 Å². The number of nitrogens with one attached hydrogen (secondary N) is 1. The number of thiophene rings is 1. The third kappa shape index (κ3) is 4.89. The molecule has 9 heteroatoms. The van der Waals surface area contributed by atoms with Crippen molar-refractivity contribution in [2.75, 3.05) is 26.2 Å². The molecule has 0 aliphatic carbocycles. The SMILES string of the molecule is FC(F)(F)Oc1ccc(Br)cc1[C@@H](c1ccc(Cl)s1)N1CCNCC1. The second kappa shape index (κ2) is 7.84. The third-order valence-corrected chi connectivity index (χ3v) is 5.65. The van der Waals surface area contributed by atoms with Crippen molar-refractivity contribution in [3.63, 3.8) is 0 Å². The Morgan fingerprint density at radius 1 is 1.20 bits per heavy atom. The molecule has 1 saturated heterocycles. The number of rotatable bonds is 4. The van der Waals surface area contributed by atoms with Crippen LogP contribution in [0.25, 0.3) is 0 Å². The van der Waals surface area contributed by atoms with E-state index in [0.717, 1.165) is 31.1 Å². The van der Waals surface area contributed by atoms with E-state index in [1.807, 2.05) is 6.07 Å². The Kier molecular flexibility index (Phi) is 5.95. The minimum Gasteiger partial charge on any atom is -0.405 e. The highest BCUT2D eigenvalue weighted by Gasteiger charge is 2.35. The van der Waals surface area contributed by atoms with Crippen molar-refractivity contribution in [2.45, 2.75) is 12.4 Å². The third-order valence-electron chi connectivity index (χ3n) is 3.87. The molecule has 25 heavy (non-hydrogen) atoms. The van der Waals surface area contributed by atoms with E-state index in [-0.39, 0.29) is 11.8 Å². The molecule has 1 aromatic heterocycles. The van der Waals surface area contributed by atoms with Crippen molar-refractivity contribution in [3.8, 4) is 5.75 Å². The molecule has 0 bridgehead atoms. The molecule has 1 aromatic carbocycles. The summed E-state index contributed by atoms with van der Waals surface area (Å²) in [6, 6.07) is 7.84. The van der Waals surface area contributed by atoms with Gasteiger partial charge in [0.1, 0.15) is 5.75 Å². The summed E-state index contributed by atoms with van der Waals surface area (Å²) in [6.45, 7) is 2.99. The highest BCUT2D eigenvalue weighted by Crippen LogP contribution is 2.41. The normalized spacial score (nSPS) is 17.5. The fourth-order valence-electron chi connectivity index (χ4n) is 2.90. The minimum atomic E-state index is -4.75. The van der Waals surface area contributed by atoms with Crippen molar-refractivity contribution in [3.05, 3.63) is 49.6 Å². The van der Waals surface area contributed by atoms with Crippen molar-refractivity contribution in [1.29, 1.82) is 0 Å². The average molecular weight is 456 g/mol. The van der Waals surface area contributed by atoms with Crippen LogP contribution in [0.2, 0.25) is 4.34 Å². The second-order valence-electron chi connectivity index (χ2n) is 5.56. The van der Waals surface area contributed by atoms with Crippen LogP contribution >= 0.6 is 38.9 Å². The van der Waals surface area contributed by atoms with Gasteiger partial charge in [-0.3, -0.25) is 4.90 Å².